The van der Waals surface area contributed by atoms with Crippen LogP contribution in [0.5, 0.6) is 5.75 Å². The van der Waals surface area contributed by atoms with Crippen LogP contribution in [0.25, 0.3) is 6.08 Å². The molecule has 0 atom stereocenters. The zero-order valence-corrected chi connectivity index (χ0v) is 18.8. The summed E-state index contributed by atoms with van der Waals surface area (Å²) in [4.78, 5) is 36.7. The number of rotatable bonds is 7. The monoisotopic (exact) mass is 507 g/mol. The second-order valence-electron chi connectivity index (χ2n) is 7.26. The van der Waals surface area contributed by atoms with Gasteiger partial charge < -0.3 is 10.1 Å². The third kappa shape index (κ3) is 5.27. The van der Waals surface area contributed by atoms with Crippen LogP contribution in [-0.4, -0.2) is 21.8 Å². The lowest BCUT2D eigenvalue weighted by Gasteiger charge is -2.12. The number of ether oxygens (including phenoxy) is 1. The first-order chi connectivity index (χ1) is 15.9. The van der Waals surface area contributed by atoms with E-state index in [1.165, 1.54) is 12.1 Å². The molecular formula is C24H18BrN3O5. The Morgan fingerprint density at radius 2 is 1.73 bits per heavy atom. The smallest absolute Gasteiger partial charge is 0.329 e. The van der Waals surface area contributed by atoms with Gasteiger partial charge in [0.2, 0.25) is 0 Å². The lowest BCUT2D eigenvalue weighted by molar-refractivity contribution is -0.384. The van der Waals surface area contributed by atoms with Gasteiger partial charge >= 0.3 is 6.03 Å². The number of carbonyl (C=O) groups excluding carboxylic acids is 2. The van der Waals surface area contributed by atoms with Crippen LogP contribution in [0.3, 0.4) is 0 Å². The van der Waals surface area contributed by atoms with E-state index in [4.69, 9.17) is 4.74 Å². The van der Waals surface area contributed by atoms with E-state index in [1.54, 1.807) is 36.4 Å². The molecule has 8 nitrogen and oxygen atoms in total. The zero-order chi connectivity index (χ0) is 23.4. The van der Waals surface area contributed by atoms with Crippen molar-refractivity contribution in [3.8, 4) is 5.75 Å². The molecular weight excluding hydrogens is 490 g/mol. The molecule has 9 heteroatoms. The Bertz CT molecular complexity index is 1240. The van der Waals surface area contributed by atoms with Crippen molar-refractivity contribution in [3.05, 3.63) is 110 Å². The fourth-order valence-electron chi connectivity index (χ4n) is 3.28. The molecule has 1 fully saturated rings. The number of benzene rings is 3. The predicted molar refractivity (Wildman–Crippen MR) is 125 cm³/mol. The van der Waals surface area contributed by atoms with Gasteiger partial charge in [-0.05, 0) is 47.5 Å². The van der Waals surface area contributed by atoms with E-state index in [-0.39, 0.29) is 24.5 Å². The third-order valence-corrected chi connectivity index (χ3v) is 5.45. The summed E-state index contributed by atoms with van der Waals surface area (Å²) in [5, 5.41) is 13.4. The lowest BCUT2D eigenvalue weighted by atomic mass is 10.1. The van der Waals surface area contributed by atoms with Crippen LogP contribution in [0.15, 0.2) is 83.0 Å². The number of nitro groups is 1. The summed E-state index contributed by atoms with van der Waals surface area (Å²) in [5.74, 6) is 0.0674. The molecule has 3 amide bonds. The fraction of sp³-hybridized carbons (Fsp3) is 0.0833. The number of nitrogens with one attached hydrogen (secondary N) is 1. The highest BCUT2D eigenvalue weighted by Crippen LogP contribution is 2.28. The van der Waals surface area contributed by atoms with Gasteiger partial charge in [0.25, 0.3) is 11.6 Å². The number of carbonyl (C=O) groups is 2. The van der Waals surface area contributed by atoms with Crippen molar-refractivity contribution in [1.29, 1.82) is 0 Å². The Morgan fingerprint density at radius 1 is 1.00 bits per heavy atom. The summed E-state index contributed by atoms with van der Waals surface area (Å²) >= 11 is 3.41. The van der Waals surface area contributed by atoms with Gasteiger partial charge in [-0.25, -0.2) is 4.79 Å². The van der Waals surface area contributed by atoms with Crippen LogP contribution in [0, 0.1) is 10.1 Å². The molecule has 1 aliphatic heterocycles. The average Bonchev–Trinajstić information content (AvgIpc) is 3.07. The van der Waals surface area contributed by atoms with Crippen molar-refractivity contribution in [2.45, 2.75) is 13.2 Å². The number of urea groups is 1. The summed E-state index contributed by atoms with van der Waals surface area (Å²) in [6.07, 6.45) is 1.57. The largest absolute Gasteiger partial charge is 0.488 e. The lowest BCUT2D eigenvalue weighted by Crippen LogP contribution is -2.30. The van der Waals surface area contributed by atoms with Gasteiger partial charge in [-0.3, -0.25) is 19.8 Å². The van der Waals surface area contributed by atoms with E-state index in [0.717, 1.165) is 20.5 Å². The van der Waals surface area contributed by atoms with E-state index >= 15 is 0 Å². The van der Waals surface area contributed by atoms with Crippen molar-refractivity contribution in [1.82, 2.24) is 10.2 Å². The molecule has 4 rings (SSSR count). The number of hydrogen-bond acceptors (Lipinski definition) is 5. The van der Waals surface area contributed by atoms with Crippen LogP contribution in [0.4, 0.5) is 10.5 Å². The third-order valence-electron chi connectivity index (χ3n) is 4.96. The van der Waals surface area contributed by atoms with Crippen molar-refractivity contribution >= 4 is 39.6 Å². The number of nitrogens with zero attached hydrogens (tertiary/aromatic N) is 2. The summed E-state index contributed by atoms with van der Waals surface area (Å²) in [5.41, 5.74) is 2.34. The highest BCUT2D eigenvalue weighted by Gasteiger charge is 2.33. The number of imide groups is 1. The molecule has 3 aromatic carbocycles. The molecule has 1 heterocycles. The normalized spacial score (nSPS) is 14.5. The first-order valence-electron chi connectivity index (χ1n) is 9.95. The van der Waals surface area contributed by atoms with E-state index in [1.807, 2.05) is 30.3 Å². The Kier molecular flexibility index (Phi) is 6.50. The molecule has 0 bridgehead atoms. The van der Waals surface area contributed by atoms with Gasteiger partial charge in [0.05, 0.1) is 11.5 Å². The van der Waals surface area contributed by atoms with Crippen molar-refractivity contribution in [2.75, 3.05) is 0 Å². The highest BCUT2D eigenvalue weighted by atomic mass is 79.9. The summed E-state index contributed by atoms with van der Waals surface area (Å²) in [7, 11) is 0. The van der Waals surface area contributed by atoms with Gasteiger partial charge in [-0.1, -0.05) is 46.3 Å². The maximum atomic E-state index is 12.9. The van der Waals surface area contributed by atoms with Gasteiger partial charge in [0, 0.05) is 22.2 Å². The maximum absolute atomic E-state index is 12.9. The molecule has 1 saturated heterocycles. The van der Waals surface area contributed by atoms with E-state index in [0.29, 0.717) is 11.3 Å². The molecule has 0 radical (unpaired) electrons. The number of amides is 3. The molecule has 1 N–H and O–H groups in total. The summed E-state index contributed by atoms with van der Waals surface area (Å²) in [6.45, 7) is 0.348. The van der Waals surface area contributed by atoms with Gasteiger partial charge in [-0.15, -0.1) is 0 Å². The average molecular weight is 508 g/mol. The van der Waals surface area contributed by atoms with Gasteiger partial charge in [0.1, 0.15) is 18.1 Å². The molecule has 0 spiro atoms. The predicted octanol–water partition coefficient (Wildman–Crippen LogP) is 5.03. The topological polar surface area (TPSA) is 102 Å². The van der Waals surface area contributed by atoms with E-state index < -0.39 is 16.9 Å². The highest BCUT2D eigenvalue weighted by molar-refractivity contribution is 9.10. The SMILES string of the molecule is O=C1N/C(=C\c2cc(Br)ccc2OCc2ccc([N+](=O)[O-])cc2)C(=O)N1Cc1ccccc1. The fourth-order valence-corrected chi connectivity index (χ4v) is 3.65. The number of non-ortho nitro benzene ring substituents is 1. The molecule has 166 valence electrons. The molecule has 3 aromatic rings. The van der Waals surface area contributed by atoms with Crippen molar-refractivity contribution in [3.63, 3.8) is 0 Å². The summed E-state index contributed by atoms with van der Waals surface area (Å²) < 4.78 is 6.67. The van der Waals surface area contributed by atoms with Crippen LogP contribution in [0.2, 0.25) is 0 Å². The van der Waals surface area contributed by atoms with Crippen LogP contribution >= 0.6 is 15.9 Å². The number of nitro benzene ring substituents is 1. The van der Waals surface area contributed by atoms with Crippen LogP contribution < -0.4 is 10.1 Å². The Morgan fingerprint density at radius 3 is 2.42 bits per heavy atom. The van der Waals surface area contributed by atoms with E-state index in [9.17, 15) is 19.7 Å². The molecule has 0 aliphatic carbocycles. The molecule has 33 heavy (non-hydrogen) atoms. The van der Waals surface area contributed by atoms with Gasteiger partial charge in [-0.2, -0.15) is 0 Å². The Hall–Kier alpha value is -3.98. The molecule has 0 saturated carbocycles. The Balaban J connectivity index is 1.52. The standard InChI is InChI=1S/C24H18BrN3O5/c25-19-8-11-22(33-15-17-6-9-20(10-7-17)28(31)32)18(12-19)13-21-23(29)27(24(30)26-21)14-16-4-2-1-3-5-16/h1-13H,14-15H2,(H,26,30)/b21-13-. The van der Waals surface area contributed by atoms with Crippen LogP contribution in [-0.2, 0) is 17.9 Å². The molecule has 0 aromatic heterocycles. The van der Waals surface area contributed by atoms with Crippen LogP contribution in [0.1, 0.15) is 16.7 Å². The minimum absolute atomic E-state index is 0.00311. The molecule has 0 unspecified atom stereocenters. The second kappa shape index (κ2) is 9.66. The minimum atomic E-state index is -0.488. The number of halogens is 1. The number of hydrogen-bond donors (Lipinski definition) is 1. The van der Waals surface area contributed by atoms with Crippen molar-refractivity contribution < 1.29 is 19.2 Å². The summed E-state index contributed by atoms with van der Waals surface area (Å²) in [6, 6.07) is 20.2. The molecule has 1 aliphatic rings. The van der Waals surface area contributed by atoms with Crippen molar-refractivity contribution in [2.24, 2.45) is 0 Å². The van der Waals surface area contributed by atoms with E-state index in [2.05, 4.69) is 21.2 Å². The quantitative estimate of drug-likeness (QED) is 0.209. The minimum Gasteiger partial charge on any atom is -0.488 e. The maximum Gasteiger partial charge on any atom is 0.329 e. The van der Waals surface area contributed by atoms with Gasteiger partial charge in [0.15, 0.2) is 0 Å². The first-order valence-corrected chi connectivity index (χ1v) is 10.7. The first kappa shape index (κ1) is 22.2. The Labute approximate surface area is 197 Å². The second-order valence-corrected chi connectivity index (χ2v) is 8.18. The zero-order valence-electron chi connectivity index (χ0n) is 17.2.